The molecule has 2 rings (SSSR count). The lowest BCUT2D eigenvalue weighted by Crippen LogP contribution is -2.38. The molecule has 0 bridgehead atoms. The van der Waals surface area contributed by atoms with Gasteiger partial charge < -0.3 is 10.2 Å². The van der Waals surface area contributed by atoms with Crippen molar-refractivity contribution in [3.05, 3.63) is 34.9 Å². The quantitative estimate of drug-likeness (QED) is 0.850. The van der Waals surface area contributed by atoms with Crippen LogP contribution in [0.3, 0.4) is 0 Å². The minimum atomic E-state index is -4.49. The molecule has 1 aliphatic rings. The molecule has 1 aromatic rings. The third kappa shape index (κ3) is 5.13. The van der Waals surface area contributed by atoms with Gasteiger partial charge in [0, 0.05) is 11.6 Å². The first-order valence-corrected chi connectivity index (χ1v) is 7.52. The van der Waals surface area contributed by atoms with E-state index in [0.29, 0.717) is 11.6 Å². The van der Waals surface area contributed by atoms with E-state index in [1.54, 1.807) is 23.5 Å². The van der Waals surface area contributed by atoms with Gasteiger partial charge in [0.2, 0.25) is 11.8 Å². The smallest absolute Gasteiger partial charge is 0.347 e. The fourth-order valence-electron chi connectivity index (χ4n) is 2.63. The van der Waals surface area contributed by atoms with Gasteiger partial charge in [0.25, 0.3) is 0 Å². The molecule has 0 spiro atoms. The SMILES string of the molecule is O=C(CC(=O)N1CCCC1c1cccc(Cl)c1)NCC(F)(F)F. The van der Waals surface area contributed by atoms with Crippen LogP contribution in [0, 0.1) is 0 Å². The number of likely N-dealkylation sites (tertiary alicyclic amines) is 1. The molecule has 1 fully saturated rings. The Labute approximate surface area is 136 Å². The molecule has 0 saturated carbocycles. The molecule has 0 aliphatic carbocycles. The van der Waals surface area contributed by atoms with Crippen molar-refractivity contribution in [3.8, 4) is 0 Å². The van der Waals surface area contributed by atoms with Gasteiger partial charge in [-0.15, -0.1) is 0 Å². The maximum atomic E-state index is 12.2. The van der Waals surface area contributed by atoms with Gasteiger partial charge in [0.1, 0.15) is 13.0 Å². The first kappa shape index (κ1) is 17.6. The maximum absolute atomic E-state index is 12.2. The zero-order valence-electron chi connectivity index (χ0n) is 12.2. The molecular formula is C15H16ClF3N2O2. The number of carbonyl (C=O) groups excluding carboxylic acids is 2. The van der Waals surface area contributed by atoms with Crippen molar-refractivity contribution in [2.24, 2.45) is 0 Å². The Morgan fingerprint density at radius 1 is 1.35 bits per heavy atom. The van der Waals surface area contributed by atoms with Crippen LogP contribution in [0.15, 0.2) is 24.3 Å². The van der Waals surface area contributed by atoms with Crippen LogP contribution in [0.2, 0.25) is 5.02 Å². The average molecular weight is 349 g/mol. The first-order valence-electron chi connectivity index (χ1n) is 7.14. The fourth-order valence-corrected chi connectivity index (χ4v) is 2.82. The molecule has 1 unspecified atom stereocenters. The summed E-state index contributed by atoms with van der Waals surface area (Å²) in [5.74, 6) is -1.41. The summed E-state index contributed by atoms with van der Waals surface area (Å²) in [5.41, 5.74) is 0.860. The highest BCUT2D eigenvalue weighted by Crippen LogP contribution is 2.33. The predicted molar refractivity (Wildman–Crippen MR) is 78.8 cm³/mol. The average Bonchev–Trinajstić information content (AvgIpc) is 2.94. The molecule has 2 amide bonds. The van der Waals surface area contributed by atoms with Gasteiger partial charge in [0.05, 0.1) is 6.04 Å². The molecule has 1 atom stereocenters. The van der Waals surface area contributed by atoms with E-state index in [1.165, 1.54) is 4.90 Å². The van der Waals surface area contributed by atoms with Gasteiger partial charge >= 0.3 is 6.18 Å². The monoisotopic (exact) mass is 348 g/mol. The molecule has 1 aromatic carbocycles. The van der Waals surface area contributed by atoms with Crippen molar-refractivity contribution in [1.82, 2.24) is 10.2 Å². The lowest BCUT2D eigenvalue weighted by Gasteiger charge is -2.25. The number of carbonyl (C=O) groups is 2. The predicted octanol–water partition coefficient (Wildman–Crippen LogP) is 3.07. The van der Waals surface area contributed by atoms with E-state index >= 15 is 0 Å². The van der Waals surface area contributed by atoms with Crippen LogP contribution in [0.5, 0.6) is 0 Å². The Balaban J connectivity index is 1.97. The zero-order valence-corrected chi connectivity index (χ0v) is 13.0. The van der Waals surface area contributed by atoms with Crippen LogP contribution >= 0.6 is 11.6 Å². The lowest BCUT2D eigenvalue weighted by atomic mass is 10.0. The van der Waals surface area contributed by atoms with Crippen molar-refractivity contribution in [2.45, 2.75) is 31.5 Å². The summed E-state index contributed by atoms with van der Waals surface area (Å²) in [7, 11) is 0. The van der Waals surface area contributed by atoms with Crippen LogP contribution in [0.4, 0.5) is 13.2 Å². The number of alkyl halides is 3. The minimum absolute atomic E-state index is 0.198. The Kier molecular flexibility index (Phi) is 5.51. The van der Waals surface area contributed by atoms with Crippen LogP contribution in [0.25, 0.3) is 0 Å². The molecule has 1 heterocycles. The number of hydrogen-bond donors (Lipinski definition) is 1. The van der Waals surface area contributed by atoms with Gasteiger partial charge in [-0.05, 0) is 30.5 Å². The second kappa shape index (κ2) is 7.21. The lowest BCUT2D eigenvalue weighted by molar-refractivity contribution is -0.143. The van der Waals surface area contributed by atoms with Gasteiger partial charge in [-0.1, -0.05) is 23.7 Å². The largest absolute Gasteiger partial charge is 0.405 e. The topological polar surface area (TPSA) is 49.4 Å². The molecule has 8 heteroatoms. The Morgan fingerprint density at radius 2 is 2.09 bits per heavy atom. The number of benzene rings is 1. The molecule has 0 aromatic heterocycles. The van der Waals surface area contributed by atoms with Gasteiger partial charge in [-0.2, -0.15) is 13.2 Å². The molecular weight excluding hydrogens is 333 g/mol. The van der Waals surface area contributed by atoms with E-state index in [9.17, 15) is 22.8 Å². The van der Waals surface area contributed by atoms with Gasteiger partial charge in [-0.3, -0.25) is 9.59 Å². The highest BCUT2D eigenvalue weighted by Gasteiger charge is 2.32. The van der Waals surface area contributed by atoms with Crippen LogP contribution in [-0.4, -0.2) is 36.0 Å². The molecule has 1 saturated heterocycles. The van der Waals surface area contributed by atoms with Crippen molar-refractivity contribution >= 4 is 23.4 Å². The zero-order chi connectivity index (χ0) is 17.0. The molecule has 126 valence electrons. The Morgan fingerprint density at radius 3 is 2.74 bits per heavy atom. The molecule has 4 nitrogen and oxygen atoms in total. The number of hydrogen-bond acceptors (Lipinski definition) is 2. The summed E-state index contributed by atoms with van der Waals surface area (Å²) in [4.78, 5) is 25.2. The molecule has 1 N–H and O–H groups in total. The summed E-state index contributed by atoms with van der Waals surface area (Å²) in [6, 6.07) is 6.88. The van der Waals surface area contributed by atoms with E-state index in [2.05, 4.69) is 0 Å². The van der Waals surface area contributed by atoms with Crippen molar-refractivity contribution in [1.29, 1.82) is 0 Å². The third-order valence-corrected chi connectivity index (χ3v) is 3.84. The van der Waals surface area contributed by atoms with Gasteiger partial charge in [0.15, 0.2) is 0 Å². The Bertz CT molecular complexity index is 592. The number of halogens is 4. The molecule has 0 radical (unpaired) electrons. The summed E-state index contributed by atoms with van der Waals surface area (Å²) < 4.78 is 36.2. The summed E-state index contributed by atoms with van der Waals surface area (Å²) in [5, 5.41) is 2.25. The standard InChI is InChI=1S/C15H16ClF3N2O2/c16-11-4-1-3-10(7-11)12-5-2-6-21(12)14(23)8-13(22)20-9-15(17,18)19/h1,3-4,7,12H,2,5-6,8-9H2,(H,20,22). The number of nitrogens with zero attached hydrogens (tertiary/aromatic N) is 1. The fraction of sp³-hybridized carbons (Fsp3) is 0.467. The molecule has 23 heavy (non-hydrogen) atoms. The third-order valence-electron chi connectivity index (χ3n) is 3.60. The van der Waals surface area contributed by atoms with Crippen LogP contribution in [0.1, 0.15) is 30.9 Å². The number of amides is 2. The van der Waals surface area contributed by atoms with Crippen molar-refractivity contribution in [3.63, 3.8) is 0 Å². The van der Waals surface area contributed by atoms with Gasteiger partial charge in [-0.25, -0.2) is 0 Å². The highest BCUT2D eigenvalue weighted by molar-refractivity contribution is 6.30. The summed E-state index contributed by atoms with van der Waals surface area (Å²) in [6.07, 6.45) is -3.58. The number of rotatable bonds is 4. The van der Waals surface area contributed by atoms with E-state index in [4.69, 9.17) is 11.6 Å². The summed E-state index contributed by atoms with van der Waals surface area (Å²) in [6.45, 7) is -0.959. The molecule has 1 aliphatic heterocycles. The normalized spacial score (nSPS) is 18.1. The van der Waals surface area contributed by atoms with Crippen molar-refractivity contribution in [2.75, 3.05) is 13.1 Å². The second-order valence-electron chi connectivity index (χ2n) is 5.37. The van der Waals surface area contributed by atoms with Crippen LogP contribution < -0.4 is 5.32 Å². The second-order valence-corrected chi connectivity index (χ2v) is 5.81. The summed E-state index contributed by atoms with van der Waals surface area (Å²) >= 11 is 5.94. The van der Waals surface area contributed by atoms with E-state index < -0.39 is 31.0 Å². The van der Waals surface area contributed by atoms with Crippen LogP contribution in [-0.2, 0) is 9.59 Å². The van der Waals surface area contributed by atoms with E-state index in [0.717, 1.165) is 18.4 Å². The maximum Gasteiger partial charge on any atom is 0.405 e. The van der Waals surface area contributed by atoms with Crippen molar-refractivity contribution < 1.29 is 22.8 Å². The van der Waals surface area contributed by atoms with E-state index in [-0.39, 0.29) is 6.04 Å². The van der Waals surface area contributed by atoms with E-state index in [1.807, 2.05) is 6.07 Å². The minimum Gasteiger partial charge on any atom is -0.347 e. The highest BCUT2D eigenvalue weighted by atomic mass is 35.5. The Hall–Kier alpha value is -1.76. The first-order chi connectivity index (χ1) is 10.8. The number of nitrogens with one attached hydrogen (secondary N) is 1.